The number of nitrogens with two attached hydrogens (primary N) is 1. The van der Waals surface area contributed by atoms with Crippen LogP contribution in [0.3, 0.4) is 0 Å². The third-order valence-electron chi connectivity index (χ3n) is 3.10. The van der Waals surface area contributed by atoms with Gasteiger partial charge >= 0.3 is 6.36 Å². The van der Waals surface area contributed by atoms with Gasteiger partial charge in [0.25, 0.3) is 0 Å². The molecule has 0 spiro atoms. The second-order valence-corrected chi connectivity index (χ2v) is 6.73. The van der Waals surface area contributed by atoms with Crippen LogP contribution in [-0.2, 0) is 10.0 Å². The summed E-state index contributed by atoms with van der Waals surface area (Å²) in [5.41, 5.74) is 5.73. The van der Waals surface area contributed by atoms with Crippen molar-refractivity contribution in [3.63, 3.8) is 0 Å². The zero-order chi connectivity index (χ0) is 15.7. The van der Waals surface area contributed by atoms with Gasteiger partial charge in [-0.2, -0.15) is 4.31 Å². The first-order valence-corrected chi connectivity index (χ1v) is 7.74. The van der Waals surface area contributed by atoms with E-state index in [1.54, 1.807) is 0 Å². The summed E-state index contributed by atoms with van der Waals surface area (Å²) in [4.78, 5) is -0.238. The smallest absolute Gasteiger partial charge is 0.406 e. The molecule has 0 saturated carbocycles. The fraction of sp³-hybridized carbons (Fsp3) is 0.500. The lowest BCUT2D eigenvalue weighted by Crippen LogP contribution is -2.45. The molecule has 0 aliphatic carbocycles. The van der Waals surface area contributed by atoms with Crippen LogP contribution in [0.15, 0.2) is 29.2 Å². The number of piperidine rings is 1. The summed E-state index contributed by atoms with van der Waals surface area (Å²) in [7, 11) is -3.87. The van der Waals surface area contributed by atoms with Gasteiger partial charge in [-0.1, -0.05) is 6.07 Å². The summed E-state index contributed by atoms with van der Waals surface area (Å²) < 4.78 is 66.2. The molecule has 118 valence electrons. The Morgan fingerprint density at radius 2 is 2.05 bits per heavy atom. The highest BCUT2D eigenvalue weighted by Crippen LogP contribution is 2.27. The van der Waals surface area contributed by atoms with Crippen LogP contribution >= 0.6 is 0 Å². The standard InChI is InChI=1S/C12H15F3N2O3S/c13-12(14,15)20-10-4-1-5-11(7-10)21(18,19)17-6-2-3-9(16)8-17/h1,4-5,7,9H,2-3,6,8,16H2/t9-/m0/s1. The first-order valence-electron chi connectivity index (χ1n) is 6.30. The molecule has 0 amide bonds. The van der Waals surface area contributed by atoms with Gasteiger partial charge in [0.05, 0.1) is 4.90 Å². The van der Waals surface area contributed by atoms with Crippen molar-refractivity contribution >= 4 is 10.0 Å². The fourth-order valence-corrected chi connectivity index (χ4v) is 3.74. The Balaban J connectivity index is 2.26. The van der Waals surface area contributed by atoms with Crippen molar-refractivity contribution in [1.29, 1.82) is 0 Å². The average molecular weight is 324 g/mol. The number of benzene rings is 1. The van der Waals surface area contributed by atoms with E-state index in [1.807, 2.05) is 0 Å². The summed E-state index contributed by atoms with van der Waals surface area (Å²) in [6.07, 6.45) is -3.52. The highest BCUT2D eigenvalue weighted by Gasteiger charge is 2.33. The van der Waals surface area contributed by atoms with Gasteiger partial charge in [0.2, 0.25) is 10.0 Å². The minimum absolute atomic E-state index is 0.159. The summed E-state index contributed by atoms with van der Waals surface area (Å²) in [5.74, 6) is -0.565. The molecule has 1 aliphatic rings. The Morgan fingerprint density at radius 3 is 2.67 bits per heavy atom. The van der Waals surface area contributed by atoms with Crippen molar-refractivity contribution in [2.75, 3.05) is 13.1 Å². The van der Waals surface area contributed by atoms with Crippen molar-refractivity contribution in [3.05, 3.63) is 24.3 Å². The molecule has 0 aromatic heterocycles. The first-order chi connectivity index (χ1) is 9.68. The van der Waals surface area contributed by atoms with Crippen LogP contribution in [0.25, 0.3) is 0 Å². The Bertz CT molecular complexity index is 604. The lowest BCUT2D eigenvalue weighted by molar-refractivity contribution is -0.274. The molecule has 1 saturated heterocycles. The molecular formula is C12H15F3N2O3S. The first kappa shape index (κ1) is 16.1. The number of alkyl halides is 3. The van der Waals surface area contributed by atoms with Gasteiger partial charge in [0, 0.05) is 25.2 Å². The Hall–Kier alpha value is -1.32. The number of hydrogen-bond acceptors (Lipinski definition) is 4. The second-order valence-electron chi connectivity index (χ2n) is 4.79. The van der Waals surface area contributed by atoms with Crippen LogP contribution in [-0.4, -0.2) is 38.2 Å². The van der Waals surface area contributed by atoms with Crippen molar-refractivity contribution < 1.29 is 26.3 Å². The SMILES string of the molecule is N[C@H]1CCCN(S(=O)(=O)c2cccc(OC(F)(F)F)c2)C1. The number of sulfonamides is 1. The van der Waals surface area contributed by atoms with E-state index >= 15 is 0 Å². The van der Waals surface area contributed by atoms with E-state index in [1.165, 1.54) is 16.4 Å². The topological polar surface area (TPSA) is 72.6 Å². The van der Waals surface area contributed by atoms with Crippen LogP contribution in [0.2, 0.25) is 0 Å². The van der Waals surface area contributed by atoms with Crippen LogP contribution in [0.5, 0.6) is 5.75 Å². The maximum Gasteiger partial charge on any atom is 0.573 e. The molecule has 2 rings (SSSR count). The molecule has 0 unspecified atom stereocenters. The molecule has 1 atom stereocenters. The van der Waals surface area contributed by atoms with E-state index in [0.29, 0.717) is 13.0 Å². The molecule has 1 aliphatic heterocycles. The zero-order valence-electron chi connectivity index (χ0n) is 11.0. The monoisotopic (exact) mass is 324 g/mol. The van der Waals surface area contributed by atoms with E-state index in [9.17, 15) is 21.6 Å². The summed E-state index contributed by atoms with van der Waals surface area (Å²) >= 11 is 0. The lowest BCUT2D eigenvalue weighted by atomic mass is 10.1. The van der Waals surface area contributed by atoms with E-state index in [2.05, 4.69) is 4.74 Å². The molecule has 0 radical (unpaired) electrons. The number of hydrogen-bond donors (Lipinski definition) is 1. The minimum atomic E-state index is -4.87. The van der Waals surface area contributed by atoms with Gasteiger partial charge in [0.15, 0.2) is 0 Å². The third kappa shape index (κ3) is 4.08. The molecule has 1 aromatic rings. The molecule has 1 fully saturated rings. The molecule has 21 heavy (non-hydrogen) atoms. The van der Waals surface area contributed by atoms with E-state index in [0.717, 1.165) is 18.6 Å². The predicted molar refractivity (Wildman–Crippen MR) is 69.1 cm³/mol. The maximum absolute atomic E-state index is 12.4. The van der Waals surface area contributed by atoms with Gasteiger partial charge in [-0.25, -0.2) is 8.42 Å². The quantitative estimate of drug-likeness (QED) is 0.918. The van der Waals surface area contributed by atoms with Crippen LogP contribution in [0.4, 0.5) is 13.2 Å². The van der Waals surface area contributed by atoms with Crippen molar-refractivity contribution in [2.24, 2.45) is 5.73 Å². The van der Waals surface area contributed by atoms with Gasteiger partial charge in [-0.05, 0) is 25.0 Å². The van der Waals surface area contributed by atoms with Crippen LogP contribution in [0, 0.1) is 0 Å². The molecule has 1 aromatic carbocycles. The highest BCUT2D eigenvalue weighted by atomic mass is 32.2. The second kappa shape index (κ2) is 5.82. The normalized spacial score (nSPS) is 21.2. The summed E-state index contributed by atoms with van der Waals surface area (Å²) in [6, 6.07) is 4.09. The predicted octanol–water partition coefficient (Wildman–Crippen LogP) is 1.70. The number of rotatable bonds is 3. The van der Waals surface area contributed by atoms with Gasteiger partial charge in [0.1, 0.15) is 5.75 Å². The van der Waals surface area contributed by atoms with Crippen molar-refractivity contribution in [1.82, 2.24) is 4.31 Å². The van der Waals surface area contributed by atoms with E-state index in [4.69, 9.17) is 5.73 Å². The molecule has 0 bridgehead atoms. The number of nitrogens with zero attached hydrogens (tertiary/aromatic N) is 1. The minimum Gasteiger partial charge on any atom is -0.406 e. The van der Waals surface area contributed by atoms with Gasteiger partial charge in [-0.15, -0.1) is 13.2 Å². The molecule has 1 heterocycles. The average Bonchev–Trinajstić information content (AvgIpc) is 2.37. The molecular weight excluding hydrogens is 309 g/mol. The largest absolute Gasteiger partial charge is 0.573 e. The van der Waals surface area contributed by atoms with Crippen LogP contribution in [0.1, 0.15) is 12.8 Å². The zero-order valence-corrected chi connectivity index (χ0v) is 11.8. The lowest BCUT2D eigenvalue weighted by Gasteiger charge is -2.29. The van der Waals surface area contributed by atoms with Crippen molar-refractivity contribution in [3.8, 4) is 5.75 Å². The summed E-state index contributed by atoms with van der Waals surface area (Å²) in [6.45, 7) is 0.465. The van der Waals surface area contributed by atoms with Crippen molar-refractivity contribution in [2.45, 2.75) is 30.1 Å². The van der Waals surface area contributed by atoms with E-state index < -0.39 is 22.1 Å². The third-order valence-corrected chi connectivity index (χ3v) is 4.96. The Kier molecular flexibility index (Phi) is 4.45. The maximum atomic E-state index is 12.4. The van der Waals surface area contributed by atoms with Gasteiger partial charge in [-0.3, -0.25) is 0 Å². The van der Waals surface area contributed by atoms with E-state index in [-0.39, 0.29) is 17.5 Å². The summed E-state index contributed by atoms with van der Waals surface area (Å²) in [5, 5.41) is 0. The molecule has 5 nitrogen and oxygen atoms in total. The molecule has 9 heteroatoms. The number of halogens is 3. The highest BCUT2D eigenvalue weighted by molar-refractivity contribution is 7.89. The van der Waals surface area contributed by atoms with Gasteiger partial charge < -0.3 is 10.5 Å². The Labute approximate surface area is 120 Å². The number of ether oxygens (including phenoxy) is 1. The Morgan fingerprint density at radius 1 is 1.33 bits per heavy atom. The fourth-order valence-electron chi connectivity index (χ4n) is 2.17. The molecule has 2 N–H and O–H groups in total. The van der Waals surface area contributed by atoms with Crippen LogP contribution < -0.4 is 10.5 Å².